The van der Waals surface area contributed by atoms with Crippen molar-refractivity contribution in [1.29, 1.82) is 0 Å². The highest BCUT2D eigenvalue weighted by atomic mass is 79.9. The molecule has 1 unspecified atom stereocenters. The van der Waals surface area contributed by atoms with Crippen LogP contribution in [-0.2, 0) is 4.74 Å². The number of para-hydroxylation sites is 2. The number of ether oxygens (including phenoxy) is 1. The number of nitrogens with zero attached hydrogens (tertiary/aromatic N) is 2. The van der Waals surface area contributed by atoms with Crippen molar-refractivity contribution in [1.82, 2.24) is 9.97 Å². The van der Waals surface area contributed by atoms with Gasteiger partial charge in [-0.3, -0.25) is 0 Å². The molecular formula is C17H13BrN4O. The molecule has 4 rings (SSSR count). The van der Waals surface area contributed by atoms with E-state index in [4.69, 9.17) is 10.5 Å². The summed E-state index contributed by atoms with van der Waals surface area (Å²) in [5.74, 6) is 0.678. The van der Waals surface area contributed by atoms with Crippen LogP contribution in [0.3, 0.4) is 0 Å². The first-order valence-electron chi connectivity index (χ1n) is 7.12. The fourth-order valence-corrected chi connectivity index (χ4v) is 2.96. The highest BCUT2D eigenvalue weighted by Gasteiger charge is 2.20. The van der Waals surface area contributed by atoms with E-state index in [1.807, 2.05) is 54.6 Å². The van der Waals surface area contributed by atoms with Crippen molar-refractivity contribution in [2.24, 2.45) is 10.7 Å². The number of nitrogens with one attached hydrogen (secondary N) is 1. The lowest BCUT2D eigenvalue weighted by Crippen LogP contribution is -2.22. The maximum Gasteiger partial charge on any atom is 0.288 e. The van der Waals surface area contributed by atoms with E-state index in [0.717, 1.165) is 21.1 Å². The number of H-pyrrole nitrogens is 1. The molecule has 6 heteroatoms. The van der Waals surface area contributed by atoms with Gasteiger partial charge < -0.3 is 15.5 Å². The summed E-state index contributed by atoms with van der Waals surface area (Å²) < 4.78 is 6.63. The van der Waals surface area contributed by atoms with Crippen LogP contribution >= 0.6 is 15.9 Å². The summed E-state index contributed by atoms with van der Waals surface area (Å²) in [5, 5.41) is 0. The van der Waals surface area contributed by atoms with E-state index in [0.29, 0.717) is 11.5 Å². The Morgan fingerprint density at radius 2 is 2.00 bits per heavy atom. The van der Waals surface area contributed by atoms with Crippen LogP contribution < -0.4 is 5.73 Å². The molecule has 0 bridgehead atoms. The zero-order valence-corrected chi connectivity index (χ0v) is 13.6. The fraction of sp³-hybridized carbons (Fsp3) is 0.0588. The van der Waals surface area contributed by atoms with Gasteiger partial charge in [-0.2, -0.15) is 4.99 Å². The lowest BCUT2D eigenvalue weighted by molar-refractivity contribution is 0.233. The normalized spacial score (nSPS) is 17.5. The molecule has 1 aliphatic heterocycles. The third-order valence-corrected chi connectivity index (χ3v) is 4.09. The molecule has 0 aliphatic carbocycles. The minimum atomic E-state index is -0.298. The molecule has 0 spiro atoms. The van der Waals surface area contributed by atoms with E-state index in [9.17, 15) is 0 Å². The second-order valence-electron chi connectivity index (χ2n) is 5.20. The lowest BCUT2D eigenvalue weighted by atomic mass is 10.1. The fourth-order valence-electron chi connectivity index (χ4n) is 2.54. The van der Waals surface area contributed by atoms with E-state index >= 15 is 0 Å². The van der Waals surface area contributed by atoms with E-state index in [2.05, 4.69) is 30.9 Å². The van der Waals surface area contributed by atoms with Gasteiger partial charge in [0.25, 0.3) is 6.02 Å². The molecule has 0 amide bonds. The third kappa shape index (κ3) is 2.73. The Hall–Kier alpha value is -2.60. The predicted molar refractivity (Wildman–Crippen MR) is 93.7 cm³/mol. The van der Waals surface area contributed by atoms with Gasteiger partial charge in [-0.25, -0.2) is 4.98 Å². The van der Waals surface area contributed by atoms with Crippen molar-refractivity contribution < 1.29 is 4.74 Å². The van der Waals surface area contributed by atoms with Gasteiger partial charge in [-0.05, 0) is 35.9 Å². The first kappa shape index (κ1) is 14.0. The maximum atomic E-state index is 5.86. The topological polar surface area (TPSA) is 76.3 Å². The first-order chi connectivity index (χ1) is 11.2. The number of aromatic nitrogens is 2. The van der Waals surface area contributed by atoms with Crippen molar-refractivity contribution in [3.05, 3.63) is 70.5 Å². The van der Waals surface area contributed by atoms with Gasteiger partial charge in [-0.1, -0.05) is 40.2 Å². The molecule has 1 atom stereocenters. The van der Waals surface area contributed by atoms with Crippen molar-refractivity contribution in [3.8, 4) is 0 Å². The van der Waals surface area contributed by atoms with E-state index in [1.165, 1.54) is 0 Å². The van der Waals surface area contributed by atoms with Crippen LogP contribution in [0.25, 0.3) is 16.7 Å². The Balaban J connectivity index is 1.77. The van der Waals surface area contributed by atoms with Crippen LogP contribution in [0, 0.1) is 0 Å². The summed E-state index contributed by atoms with van der Waals surface area (Å²) in [6.07, 6.45) is 1.61. The molecule has 1 aliphatic rings. The largest absolute Gasteiger partial charge is 0.453 e. The first-order valence-corrected chi connectivity index (χ1v) is 7.91. The Kier molecular flexibility index (Phi) is 3.38. The van der Waals surface area contributed by atoms with Gasteiger partial charge in [0.05, 0.1) is 11.0 Å². The SMILES string of the molecule is NC1=NC(c2nc3ccccc3[nH]2)=CC(c2cccc(Br)c2)O1. The second kappa shape index (κ2) is 5.55. The number of hydrogen-bond acceptors (Lipinski definition) is 4. The third-order valence-electron chi connectivity index (χ3n) is 3.60. The summed E-state index contributed by atoms with van der Waals surface area (Å²) >= 11 is 3.47. The van der Waals surface area contributed by atoms with Gasteiger partial charge in [0.2, 0.25) is 0 Å². The number of nitrogens with two attached hydrogens (primary N) is 1. The maximum absolute atomic E-state index is 5.86. The minimum absolute atomic E-state index is 0.132. The molecule has 0 fully saturated rings. The van der Waals surface area contributed by atoms with Crippen molar-refractivity contribution in [3.63, 3.8) is 0 Å². The number of benzene rings is 2. The monoisotopic (exact) mass is 368 g/mol. The van der Waals surface area contributed by atoms with Crippen LogP contribution in [0.4, 0.5) is 0 Å². The molecule has 3 N–H and O–H groups in total. The van der Waals surface area contributed by atoms with Crippen molar-refractivity contribution >= 4 is 38.7 Å². The number of amidine groups is 1. The lowest BCUT2D eigenvalue weighted by Gasteiger charge is -2.20. The molecule has 0 radical (unpaired) electrons. The number of rotatable bonds is 2. The standard InChI is InChI=1S/C17H13BrN4O/c18-11-5-3-4-10(8-11)15-9-14(22-17(19)23-15)16-20-12-6-1-2-7-13(12)21-16/h1-9,15H,(H2,19,22)(H,20,21). The van der Waals surface area contributed by atoms with E-state index in [1.54, 1.807) is 0 Å². The molecule has 23 heavy (non-hydrogen) atoms. The Labute approximate surface area is 141 Å². The molecule has 3 aromatic rings. The quantitative estimate of drug-likeness (QED) is 0.722. The van der Waals surface area contributed by atoms with Gasteiger partial charge in [0.15, 0.2) is 5.82 Å². The number of aliphatic imine (C=N–C) groups is 1. The predicted octanol–water partition coefficient (Wildman–Crippen LogP) is 3.75. The zero-order valence-electron chi connectivity index (χ0n) is 12.0. The van der Waals surface area contributed by atoms with E-state index in [-0.39, 0.29) is 12.1 Å². The summed E-state index contributed by atoms with van der Waals surface area (Å²) in [4.78, 5) is 12.1. The molecule has 2 heterocycles. The van der Waals surface area contributed by atoms with Gasteiger partial charge >= 0.3 is 0 Å². The second-order valence-corrected chi connectivity index (χ2v) is 6.11. The number of hydrogen-bond donors (Lipinski definition) is 2. The van der Waals surface area contributed by atoms with Gasteiger partial charge in [0, 0.05) is 4.47 Å². The highest BCUT2D eigenvalue weighted by Crippen LogP contribution is 2.30. The average Bonchev–Trinajstić information content (AvgIpc) is 2.98. The number of aromatic amines is 1. The van der Waals surface area contributed by atoms with E-state index < -0.39 is 0 Å². The van der Waals surface area contributed by atoms with Crippen LogP contribution in [0.15, 0.2) is 64.1 Å². The van der Waals surface area contributed by atoms with Crippen LogP contribution in [-0.4, -0.2) is 16.0 Å². The number of halogens is 1. The summed E-state index contributed by atoms with van der Waals surface area (Å²) in [5.41, 5.74) is 9.38. The number of fused-ring (bicyclic) bond motifs is 1. The molecule has 0 saturated carbocycles. The van der Waals surface area contributed by atoms with Gasteiger partial charge in [-0.15, -0.1) is 0 Å². The Bertz CT molecular complexity index is 911. The summed E-state index contributed by atoms with van der Waals surface area (Å²) in [7, 11) is 0. The molecule has 114 valence electrons. The molecule has 0 saturated heterocycles. The molecule has 5 nitrogen and oxygen atoms in total. The summed E-state index contributed by atoms with van der Waals surface area (Å²) in [6, 6.07) is 15.9. The van der Waals surface area contributed by atoms with Crippen molar-refractivity contribution in [2.75, 3.05) is 0 Å². The van der Waals surface area contributed by atoms with Crippen LogP contribution in [0.1, 0.15) is 17.5 Å². The smallest absolute Gasteiger partial charge is 0.288 e. The Morgan fingerprint density at radius 3 is 2.83 bits per heavy atom. The highest BCUT2D eigenvalue weighted by molar-refractivity contribution is 9.10. The Morgan fingerprint density at radius 1 is 1.13 bits per heavy atom. The number of imidazole rings is 1. The molecule has 1 aromatic heterocycles. The van der Waals surface area contributed by atoms with Crippen LogP contribution in [0.2, 0.25) is 0 Å². The van der Waals surface area contributed by atoms with Crippen molar-refractivity contribution in [2.45, 2.75) is 6.10 Å². The average molecular weight is 369 g/mol. The van der Waals surface area contributed by atoms with Gasteiger partial charge in [0.1, 0.15) is 11.8 Å². The summed E-state index contributed by atoms with van der Waals surface area (Å²) in [6.45, 7) is 0. The molecule has 2 aromatic carbocycles. The molecular weight excluding hydrogens is 356 g/mol. The zero-order chi connectivity index (χ0) is 15.8. The van der Waals surface area contributed by atoms with Crippen LogP contribution in [0.5, 0.6) is 0 Å². The minimum Gasteiger partial charge on any atom is -0.453 e.